The lowest BCUT2D eigenvalue weighted by Gasteiger charge is -2.26. The fraction of sp³-hybridized carbons (Fsp3) is 0.320. The van der Waals surface area contributed by atoms with Gasteiger partial charge in [-0.05, 0) is 36.4 Å². The third-order valence-electron chi connectivity index (χ3n) is 5.70. The van der Waals surface area contributed by atoms with Gasteiger partial charge in [-0.3, -0.25) is 14.5 Å². The summed E-state index contributed by atoms with van der Waals surface area (Å²) >= 11 is 0. The highest BCUT2D eigenvalue weighted by molar-refractivity contribution is 5.95. The predicted molar refractivity (Wildman–Crippen MR) is 130 cm³/mol. The molecule has 1 aromatic heterocycles. The number of nitrogens with one attached hydrogen (secondary N) is 2. The van der Waals surface area contributed by atoms with E-state index in [9.17, 15) is 22.8 Å². The van der Waals surface area contributed by atoms with Crippen LogP contribution in [0.2, 0.25) is 0 Å². The number of anilines is 2. The lowest BCUT2D eigenvalue weighted by atomic mass is 10.2. The second-order valence-corrected chi connectivity index (χ2v) is 8.36. The molecule has 0 unspecified atom stereocenters. The minimum atomic E-state index is -4.55. The number of rotatable bonds is 8. The Bertz CT molecular complexity index is 1310. The summed E-state index contributed by atoms with van der Waals surface area (Å²) < 4.78 is 51.3. The van der Waals surface area contributed by atoms with E-state index in [-0.39, 0.29) is 23.1 Å². The zero-order chi connectivity index (χ0) is 26.4. The second-order valence-electron chi connectivity index (χ2n) is 8.36. The maximum atomic E-state index is 13.1. The smallest absolute Gasteiger partial charge is 0.416 e. The number of carbonyl (C=O) groups is 1. The van der Waals surface area contributed by atoms with Crippen molar-refractivity contribution < 1.29 is 27.4 Å². The molecule has 2 aromatic carbocycles. The number of alkyl halides is 3. The summed E-state index contributed by atoms with van der Waals surface area (Å²) in [4.78, 5) is 27.7. The molecule has 4 rings (SSSR count). The molecule has 0 saturated carbocycles. The Morgan fingerprint density at radius 1 is 1.14 bits per heavy atom. The molecule has 196 valence electrons. The third-order valence-corrected chi connectivity index (χ3v) is 5.70. The molecule has 1 amide bonds. The van der Waals surface area contributed by atoms with Gasteiger partial charge in [0.1, 0.15) is 5.75 Å². The fourth-order valence-electron chi connectivity index (χ4n) is 3.72. The van der Waals surface area contributed by atoms with Gasteiger partial charge in [-0.25, -0.2) is 4.68 Å². The molecule has 37 heavy (non-hydrogen) atoms. The topological polar surface area (TPSA) is 97.7 Å². The SMILES string of the molecule is Cn1ncc(Oc2cccc(C(F)(F)F)c2)c(Nc2cccc(C(=O)NCCN3CCOCC3)c2)c1=O. The van der Waals surface area contributed by atoms with E-state index in [0.717, 1.165) is 29.9 Å². The molecule has 1 aliphatic heterocycles. The van der Waals surface area contributed by atoms with Gasteiger partial charge in [0.15, 0.2) is 11.4 Å². The molecule has 0 aliphatic carbocycles. The van der Waals surface area contributed by atoms with Gasteiger partial charge in [0.25, 0.3) is 11.5 Å². The van der Waals surface area contributed by atoms with E-state index in [1.54, 1.807) is 24.3 Å². The number of aromatic nitrogens is 2. The second kappa shape index (κ2) is 11.4. The lowest BCUT2D eigenvalue weighted by Crippen LogP contribution is -2.41. The van der Waals surface area contributed by atoms with Gasteiger partial charge in [-0.2, -0.15) is 18.3 Å². The Morgan fingerprint density at radius 3 is 2.65 bits per heavy atom. The Morgan fingerprint density at radius 2 is 1.89 bits per heavy atom. The van der Waals surface area contributed by atoms with Crippen molar-refractivity contribution in [2.75, 3.05) is 44.7 Å². The van der Waals surface area contributed by atoms with Crippen molar-refractivity contribution in [1.29, 1.82) is 0 Å². The molecule has 1 fully saturated rings. The van der Waals surface area contributed by atoms with Gasteiger partial charge < -0.3 is 20.1 Å². The molecule has 9 nitrogen and oxygen atoms in total. The van der Waals surface area contributed by atoms with E-state index < -0.39 is 17.3 Å². The Balaban J connectivity index is 1.49. The number of hydrogen-bond acceptors (Lipinski definition) is 7. The van der Waals surface area contributed by atoms with E-state index in [0.29, 0.717) is 37.6 Å². The highest BCUT2D eigenvalue weighted by atomic mass is 19.4. The average molecular weight is 518 g/mol. The third kappa shape index (κ3) is 6.86. The number of ether oxygens (including phenoxy) is 2. The molecule has 1 saturated heterocycles. The van der Waals surface area contributed by atoms with E-state index in [4.69, 9.17) is 9.47 Å². The minimum Gasteiger partial charge on any atom is -0.453 e. The summed E-state index contributed by atoms with van der Waals surface area (Å²) in [5.74, 6) is -0.455. The largest absolute Gasteiger partial charge is 0.453 e. The zero-order valence-electron chi connectivity index (χ0n) is 20.0. The van der Waals surface area contributed by atoms with Crippen LogP contribution in [0.3, 0.4) is 0 Å². The number of morpholine rings is 1. The van der Waals surface area contributed by atoms with Gasteiger partial charge >= 0.3 is 6.18 Å². The predicted octanol–water partition coefficient (Wildman–Crippen LogP) is 3.40. The van der Waals surface area contributed by atoms with Crippen LogP contribution in [0.15, 0.2) is 59.5 Å². The first-order valence-electron chi connectivity index (χ1n) is 11.6. The van der Waals surface area contributed by atoms with Crippen LogP contribution in [-0.2, 0) is 18.0 Å². The molecule has 12 heteroatoms. The van der Waals surface area contributed by atoms with Crippen LogP contribution in [-0.4, -0.2) is 60.0 Å². The maximum absolute atomic E-state index is 13.1. The monoisotopic (exact) mass is 517 g/mol. The maximum Gasteiger partial charge on any atom is 0.416 e. The first kappa shape index (κ1) is 26.2. The highest BCUT2D eigenvalue weighted by Gasteiger charge is 2.30. The number of carbonyl (C=O) groups excluding carboxylic acids is 1. The molecule has 3 aromatic rings. The first-order chi connectivity index (χ1) is 17.7. The van der Waals surface area contributed by atoms with Crippen LogP contribution in [0.1, 0.15) is 15.9 Å². The first-order valence-corrected chi connectivity index (χ1v) is 11.6. The van der Waals surface area contributed by atoms with Crippen molar-refractivity contribution in [1.82, 2.24) is 20.0 Å². The molecule has 2 heterocycles. The highest BCUT2D eigenvalue weighted by Crippen LogP contribution is 2.34. The quantitative estimate of drug-likeness (QED) is 0.473. The van der Waals surface area contributed by atoms with Crippen LogP contribution in [0, 0.1) is 0 Å². The number of benzene rings is 2. The average Bonchev–Trinajstić information content (AvgIpc) is 2.89. The van der Waals surface area contributed by atoms with Crippen LogP contribution in [0.4, 0.5) is 24.5 Å². The summed E-state index contributed by atoms with van der Waals surface area (Å²) in [5, 5.41) is 9.71. The van der Waals surface area contributed by atoms with Crippen molar-refractivity contribution in [2.24, 2.45) is 7.05 Å². The lowest BCUT2D eigenvalue weighted by molar-refractivity contribution is -0.137. The Hall–Kier alpha value is -3.90. The standard InChI is InChI=1S/C25H26F3N5O4/c1-32-24(35)22(21(16-30-32)37-20-7-3-5-18(15-20)25(26,27)28)31-19-6-2-4-17(14-19)23(34)29-8-9-33-10-12-36-13-11-33/h2-7,14-16,31H,8-13H2,1H3,(H,29,34). The van der Waals surface area contributed by atoms with E-state index >= 15 is 0 Å². The molecule has 2 N–H and O–H groups in total. The van der Waals surface area contributed by atoms with E-state index in [1.165, 1.54) is 25.4 Å². The molecule has 1 aliphatic rings. The van der Waals surface area contributed by atoms with Crippen LogP contribution in [0.25, 0.3) is 0 Å². The number of amides is 1. The van der Waals surface area contributed by atoms with Gasteiger partial charge in [0.05, 0.1) is 25.0 Å². The number of halogens is 3. The Labute approximate surface area is 210 Å². The van der Waals surface area contributed by atoms with Crippen molar-refractivity contribution in [2.45, 2.75) is 6.18 Å². The summed E-state index contributed by atoms with van der Waals surface area (Å²) in [7, 11) is 1.43. The molecular weight excluding hydrogens is 491 g/mol. The van der Waals surface area contributed by atoms with Gasteiger partial charge in [0.2, 0.25) is 0 Å². The van der Waals surface area contributed by atoms with Crippen LogP contribution < -0.4 is 20.9 Å². The number of hydrogen-bond donors (Lipinski definition) is 2. The summed E-state index contributed by atoms with van der Waals surface area (Å²) in [6, 6.07) is 10.8. The number of aryl methyl sites for hydroxylation is 1. The fourth-order valence-corrected chi connectivity index (χ4v) is 3.72. The van der Waals surface area contributed by atoms with Crippen molar-refractivity contribution >= 4 is 17.3 Å². The van der Waals surface area contributed by atoms with Crippen LogP contribution >= 0.6 is 0 Å². The molecule has 0 bridgehead atoms. The molecule has 0 spiro atoms. The summed E-state index contributed by atoms with van der Waals surface area (Å²) in [6.07, 6.45) is -3.32. The van der Waals surface area contributed by atoms with Gasteiger partial charge in [0, 0.05) is 44.5 Å². The minimum absolute atomic E-state index is 0.0419. The van der Waals surface area contributed by atoms with Crippen molar-refractivity contribution in [3.8, 4) is 11.5 Å². The Kier molecular flexibility index (Phi) is 8.09. The van der Waals surface area contributed by atoms with E-state index in [1.807, 2.05) is 0 Å². The van der Waals surface area contributed by atoms with Gasteiger partial charge in [-0.1, -0.05) is 12.1 Å². The molecule has 0 atom stereocenters. The summed E-state index contributed by atoms with van der Waals surface area (Å²) in [5.41, 5.74) is -0.704. The summed E-state index contributed by atoms with van der Waals surface area (Å²) in [6.45, 7) is 4.17. The molecule has 0 radical (unpaired) electrons. The number of nitrogens with zero attached hydrogens (tertiary/aromatic N) is 3. The van der Waals surface area contributed by atoms with Crippen molar-refractivity contribution in [3.05, 3.63) is 76.2 Å². The zero-order valence-corrected chi connectivity index (χ0v) is 20.0. The van der Waals surface area contributed by atoms with Crippen molar-refractivity contribution in [3.63, 3.8) is 0 Å². The molecular formula is C25H26F3N5O4. The van der Waals surface area contributed by atoms with Gasteiger partial charge in [-0.15, -0.1) is 0 Å². The van der Waals surface area contributed by atoms with E-state index in [2.05, 4.69) is 20.6 Å². The van der Waals surface area contributed by atoms with Crippen LogP contribution in [0.5, 0.6) is 11.5 Å². The normalized spacial score (nSPS) is 14.3.